The number of carbonyl (C=O) groups is 4. The Balaban J connectivity index is 1.45. The van der Waals surface area contributed by atoms with Crippen LogP contribution < -0.4 is 14.5 Å². The largest absolute Gasteiger partial charge is 0.426 e. The van der Waals surface area contributed by atoms with Gasteiger partial charge in [0.2, 0.25) is 17.7 Å². The van der Waals surface area contributed by atoms with Gasteiger partial charge in [0.1, 0.15) is 5.75 Å². The molecule has 0 aliphatic carbocycles. The number of rotatable bonds is 4. The van der Waals surface area contributed by atoms with Crippen LogP contribution in [0.25, 0.3) is 0 Å². The normalized spacial score (nSPS) is 19.4. The molecule has 0 saturated carbocycles. The van der Waals surface area contributed by atoms with E-state index in [2.05, 4.69) is 0 Å². The number of imide groups is 1. The van der Waals surface area contributed by atoms with Crippen molar-refractivity contribution in [1.82, 2.24) is 0 Å². The number of hydrogen-bond acceptors (Lipinski definition) is 5. The van der Waals surface area contributed by atoms with Gasteiger partial charge in [-0.1, -0.05) is 23.8 Å². The summed E-state index contributed by atoms with van der Waals surface area (Å²) in [7, 11) is 0. The highest BCUT2D eigenvalue weighted by Crippen LogP contribution is 2.29. The number of esters is 1. The average molecular weight is 406 g/mol. The van der Waals surface area contributed by atoms with Gasteiger partial charge in [0.25, 0.3) is 0 Å². The minimum Gasteiger partial charge on any atom is -0.426 e. The standard InChI is InChI=1S/C23H22N2O5/c1-15-8-10-17(11-9-15)24-14-16(12-22(24)28)23(29)30-19-5-2-4-18(13-19)25-20(26)6-3-7-21(25)27/h2,4-5,8-11,13,16H,3,6-7,12,14H2,1H3/t16-/m0/s1. The lowest BCUT2D eigenvalue weighted by Crippen LogP contribution is -2.40. The molecular weight excluding hydrogens is 384 g/mol. The number of nitrogens with zero attached hydrogens (tertiary/aromatic N) is 2. The highest BCUT2D eigenvalue weighted by molar-refractivity contribution is 6.16. The molecule has 0 N–H and O–H groups in total. The molecule has 30 heavy (non-hydrogen) atoms. The Bertz CT molecular complexity index is 999. The van der Waals surface area contributed by atoms with Crippen molar-refractivity contribution in [2.24, 2.45) is 5.92 Å². The fourth-order valence-corrected chi connectivity index (χ4v) is 3.77. The van der Waals surface area contributed by atoms with Crippen molar-refractivity contribution in [2.75, 3.05) is 16.3 Å². The maximum atomic E-state index is 12.7. The molecule has 0 radical (unpaired) electrons. The fraction of sp³-hybridized carbons (Fsp3) is 0.304. The lowest BCUT2D eigenvalue weighted by atomic mass is 10.1. The zero-order valence-corrected chi connectivity index (χ0v) is 16.7. The van der Waals surface area contributed by atoms with Crippen LogP contribution in [-0.2, 0) is 19.2 Å². The molecule has 2 heterocycles. The summed E-state index contributed by atoms with van der Waals surface area (Å²) in [5.41, 5.74) is 2.23. The monoisotopic (exact) mass is 406 g/mol. The third kappa shape index (κ3) is 3.96. The third-order valence-corrected chi connectivity index (χ3v) is 5.38. The Morgan fingerprint density at radius 1 is 0.933 bits per heavy atom. The molecule has 3 amide bonds. The zero-order valence-electron chi connectivity index (χ0n) is 16.7. The predicted molar refractivity (Wildman–Crippen MR) is 110 cm³/mol. The lowest BCUT2D eigenvalue weighted by molar-refractivity contribution is -0.139. The zero-order chi connectivity index (χ0) is 21.3. The van der Waals surface area contributed by atoms with Crippen molar-refractivity contribution in [3.05, 3.63) is 54.1 Å². The van der Waals surface area contributed by atoms with E-state index in [-0.39, 0.29) is 36.4 Å². The quantitative estimate of drug-likeness (QED) is 0.443. The lowest BCUT2D eigenvalue weighted by Gasteiger charge is -2.25. The number of amides is 3. The minimum atomic E-state index is -0.583. The summed E-state index contributed by atoms with van der Waals surface area (Å²) < 4.78 is 5.48. The van der Waals surface area contributed by atoms with Crippen LogP contribution in [0.5, 0.6) is 5.75 Å². The summed E-state index contributed by atoms with van der Waals surface area (Å²) in [4.78, 5) is 52.0. The summed E-state index contributed by atoms with van der Waals surface area (Å²) >= 11 is 0. The first-order chi connectivity index (χ1) is 14.4. The Morgan fingerprint density at radius 3 is 2.33 bits per heavy atom. The molecule has 1 atom stereocenters. The molecule has 4 rings (SSSR count). The molecule has 2 aliphatic rings. The Morgan fingerprint density at radius 2 is 1.63 bits per heavy atom. The van der Waals surface area contributed by atoms with Gasteiger partial charge in [-0.05, 0) is 37.6 Å². The first-order valence-electron chi connectivity index (χ1n) is 9.97. The molecule has 7 nitrogen and oxygen atoms in total. The fourth-order valence-electron chi connectivity index (χ4n) is 3.77. The van der Waals surface area contributed by atoms with Gasteiger partial charge < -0.3 is 9.64 Å². The van der Waals surface area contributed by atoms with E-state index in [1.165, 1.54) is 6.07 Å². The number of anilines is 2. The van der Waals surface area contributed by atoms with Crippen molar-refractivity contribution < 1.29 is 23.9 Å². The van der Waals surface area contributed by atoms with Crippen LogP contribution in [0.4, 0.5) is 11.4 Å². The predicted octanol–water partition coefficient (Wildman–Crippen LogP) is 3.00. The summed E-state index contributed by atoms with van der Waals surface area (Å²) in [6, 6.07) is 13.9. The summed E-state index contributed by atoms with van der Waals surface area (Å²) in [5.74, 6) is -1.49. The summed E-state index contributed by atoms with van der Waals surface area (Å²) in [6.45, 7) is 2.22. The molecule has 2 fully saturated rings. The third-order valence-electron chi connectivity index (χ3n) is 5.38. The van der Waals surface area contributed by atoms with Gasteiger partial charge in [0.15, 0.2) is 0 Å². The van der Waals surface area contributed by atoms with Crippen LogP contribution in [0, 0.1) is 12.8 Å². The Labute approximate surface area is 174 Å². The van der Waals surface area contributed by atoms with Gasteiger partial charge in [-0.25, -0.2) is 0 Å². The molecule has 0 aromatic heterocycles. The van der Waals surface area contributed by atoms with Crippen molar-refractivity contribution in [3.8, 4) is 5.75 Å². The Kier molecular flexibility index (Phi) is 5.35. The number of benzene rings is 2. The molecule has 2 aromatic rings. The van der Waals surface area contributed by atoms with Gasteiger partial charge in [-0.3, -0.25) is 24.1 Å². The van der Waals surface area contributed by atoms with E-state index in [0.29, 0.717) is 24.9 Å². The van der Waals surface area contributed by atoms with Crippen LogP contribution in [0.2, 0.25) is 0 Å². The molecule has 2 aliphatic heterocycles. The molecule has 0 bridgehead atoms. The number of ether oxygens (including phenoxy) is 1. The smallest absolute Gasteiger partial charge is 0.316 e. The number of aryl methyl sites for hydroxylation is 1. The second-order valence-corrected chi connectivity index (χ2v) is 7.64. The van der Waals surface area contributed by atoms with Gasteiger partial charge in [-0.2, -0.15) is 0 Å². The summed E-state index contributed by atoms with van der Waals surface area (Å²) in [5, 5.41) is 0. The number of piperidine rings is 1. The highest BCUT2D eigenvalue weighted by Gasteiger charge is 2.36. The number of carbonyl (C=O) groups excluding carboxylic acids is 4. The van der Waals surface area contributed by atoms with Crippen LogP contribution in [0.3, 0.4) is 0 Å². The SMILES string of the molecule is Cc1ccc(N2C[C@@H](C(=O)Oc3cccc(N4C(=O)CCCC4=O)c3)CC2=O)cc1. The summed E-state index contributed by atoms with van der Waals surface area (Å²) in [6.07, 6.45) is 1.26. The first-order valence-corrected chi connectivity index (χ1v) is 9.97. The minimum absolute atomic E-state index is 0.0789. The van der Waals surface area contributed by atoms with Crippen LogP contribution in [0.15, 0.2) is 48.5 Å². The van der Waals surface area contributed by atoms with Crippen molar-refractivity contribution in [2.45, 2.75) is 32.6 Å². The van der Waals surface area contributed by atoms with E-state index in [0.717, 1.165) is 16.2 Å². The molecule has 2 saturated heterocycles. The van der Waals surface area contributed by atoms with E-state index in [9.17, 15) is 19.2 Å². The van der Waals surface area contributed by atoms with Crippen molar-refractivity contribution >= 4 is 35.1 Å². The van der Waals surface area contributed by atoms with Gasteiger partial charge in [-0.15, -0.1) is 0 Å². The van der Waals surface area contributed by atoms with Crippen LogP contribution in [0.1, 0.15) is 31.2 Å². The van der Waals surface area contributed by atoms with Crippen molar-refractivity contribution in [1.29, 1.82) is 0 Å². The van der Waals surface area contributed by atoms with Crippen molar-refractivity contribution in [3.63, 3.8) is 0 Å². The van der Waals surface area contributed by atoms with E-state index in [4.69, 9.17) is 4.74 Å². The van der Waals surface area contributed by atoms with Gasteiger partial charge in [0, 0.05) is 37.6 Å². The van der Waals surface area contributed by atoms with E-state index in [1.807, 2.05) is 31.2 Å². The molecule has 7 heteroatoms. The highest BCUT2D eigenvalue weighted by atomic mass is 16.5. The van der Waals surface area contributed by atoms with Gasteiger partial charge >= 0.3 is 5.97 Å². The topological polar surface area (TPSA) is 84.0 Å². The number of hydrogen-bond donors (Lipinski definition) is 0. The average Bonchev–Trinajstić information content (AvgIpc) is 3.11. The van der Waals surface area contributed by atoms with Gasteiger partial charge in [0.05, 0.1) is 11.6 Å². The maximum Gasteiger partial charge on any atom is 0.316 e. The molecule has 154 valence electrons. The molecule has 2 aromatic carbocycles. The van der Waals surface area contributed by atoms with Crippen LogP contribution in [-0.4, -0.2) is 30.2 Å². The second kappa shape index (κ2) is 8.10. The van der Waals surface area contributed by atoms with E-state index >= 15 is 0 Å². The van der Waals surface area contributed by atoms with E-state index < -0.39 is 11.9 Å². The van der Waals surface area contributed by atoms with Crippen LogP contribution >= 0.6 is 0 Å². The molecular formula is C23H22N2O5. The maximum absolute atomic E-state index is 12.7. The second-order valence-electron chi connectivity index (χ2n) is 7.64. The Hall–Kier alpha value is -3.48. The van der Waals surface area contributed by atoms with E-state index in [1.54, 1.807) is 23.1 Å². The molecule has 0 spiro atoms. The molecule has 0 unspecified atom stereocenters. The first kappa shape index (κ1) is 19.8.